The summed E-state index contributed by atoms with van der Waals surface area (Å²) in [5.41, 5.74) is 2.42. The van der Waals surface area contributed by atoms with Crippen LogP contribution in [0, 0.1) is 5.82 Å². The molecule has 2 amide bonds. The van der Waals surface area contributed by atoms with Crippen molar-refractivity contribution in [1.29, 1.82) is 0 Å². The van der Waals surface area contributed by atoms with Crippen LogP contribution in [0.1, 0.15) is 42.9 Å². The monoisotopic (exact) mass is 520 g/mol. The maximum Gasteiger partial charge on any atom is 0.243 e. The predicted octanol–water partition coefficient (Wildman–Crippen LogP) is 5.33. The van der Waals surface area contributed by atoms with E-state index in [1.165, 1.54) is 12.1 Å². The number of unbranched alkanes of at least 4 members (excludes halogenated alkanes) is 2. The van der Waals surface area contributed by atoms with Gasteiger partial charge in [0.05, 0.1) is 20.6 Å². The molecule has 0 aromatic heterocycles. The molecule has 0 saturated heterocycles. The van der Waals surface area contributed by atoms with Crippen molar-refractivity contribution in [3.05, 3.63) is 95.3 Å². The first-order valence-corrected chi connectivity index (χ1v) is 13.0. The Morgan fingerprint density at radius 3 is 2.21 bits per heavy atom. The number of hydrogen-bond donors (Lipinski definition) is 1. The molecule has 0 fully saturated rings. The fourth-order valence-corrected chi connectivity index (χ4v) is 4.31. The van der Waals surface area contributed by atoms with Crippen LogP contribution in [-0.4, -0.2) is 43.5 Å². The van der Waals surface area contributed by atoms with Crippen LogP contribution in [0.3, 0.4) is 0 Å². The van der Waals surface area contributed by atoms with Crippen molar-refractivity contribution in [1.82, 2.24) is 10.2 Å². The molecule has 6 nitrogen and oxygen atoms in total. The van der Waals surface area contributed by atoms with Gasteiger partial charge in [0, 0.05) is 19.5 Å². The highest BCUT2D eigenvalue weighted by Crippen LogP contribution is 2.28. The van der Waals surface area contributed by atoms with Crippen molar-refractivity contribution < 1.29 is 23.5 Å². The molecule has 0 heterocycles. The first-order valence-electron chi connectivity index (χ1n) is 13.0. The van der Waals surface area contributed by atoms with Gasteiger partial charge in [-0.25, -0.2) is 4.39 Å². The number of carbonyl (C=O) groups excluding carboxylic acids is 2. The van der Waals surface area contributed by atoms with E-state index < -0.39 is 6.04 Å². The third-order valence-electron chi connectivity index (χ3n) is 6.42. The van der Waals surface area contributed by atoms with Gasteiger partial charge in [-0.2, -0.15) is 0 Å². The minimum atomic E-state index is -0.739. The molecule has 3 aromatic carbocycles. The number of amides is 2. The van der Waals surface area contributed by atoms with Gasteiger partial charge in [0.1, 0.15) is 11.9 Å². The average molecular weight is 521 g/mol. The quantitative estimate of drug-likeness (QED) is 0.292. The maximum absolute atomic E-state index is 13.9. The van der Waals surface area contributed by atoms with Crippen LogP contribution >= 0.6 is 0 Å². The molecule has 0 aliphatic carbocycles. The topological polar surface area (TPSA) is 67.9 Å². The standard InChI is InChI=1S/C31H37FN2O4/c1-4-5-9-18-33-31(36)27(19-23-10-7-6-8-11-23)34(22-24-12-15-26(32)16-13-24)30(35)21-25-14-17-28(37-2)29(20-25)38-3/h6-8,10-17,20,27H,4-5,9,18-19,21-22H2,1-3H3,(H,33,36)/t27-/m0/s1. The first-order chi connectivity index (χ1) is 18.4. The zero-order chi connectivity index (χ0) is 27.3. The van der Waals surface area contributed by atoms with E-state index >= 15 is 0 Å². The Balaban J connectivity index is 1.93. The molecule has 3 rings (SSSR count). The van der Waals surface area contributed by atoms with E-state index in [2.05, 4.69) is 12.2 Å². The molecule has 1 N–H and O–H groups in total. The Morgan fingerprint density at radius 1 is 0.868 bits per heavy atom. The van der Waals surface area contributed by atoms with E-state index in [-0.39, 0.29) is 30.6 Å². The SMILES string of the molecule is CCCCCNC(=O)[C@H](Cc1ccccc1)N(Cc1ccc(F)cc1)C(=O)Cc1ccc(OC)c(OC)c1. The van der Waals surface area contributed by atoms with E-state index in [0.717, 1.165) is 36.0 Å². The zero-order valence-electron chi connectivity index (χ0n) is 22.4. The van der Waals surface area contributed by atoms with E-state index in [1.54, 1.807) is 43.4 Å². The summed E-state index contributed by atoms with van der Waals surface area (Å²) in [6, 6.07) is 20.3. The average Bonchev–Trinajstić information content (AvgIpc) is 2.94. The van der Waals surface area contributed by atoms with Crippen molar-refractivity contribution in [2.24, 2.45) is 0 Å². The number of nitrogens with zero attached hydrogens (tertiary/aromatic N) is 1. The summed E-state index contributed by atoms with van der Waals surface area (Å²) in [5, 5.41) is 3.04. The summed E-state index contributed by atoms with van der Waals surface area (Å²) in [6.45, 7) is 2.83. The fourth-order valence-electron chi connectivity index (χ4n) is 4.31. The highest BCUT2D eigenvalue weighted by atomic mass is 19.1. The van der Waals surface area contributed by atoms with Crippen LogP contribution in [0.2, 0.25) is 0 Å². The molecule has 0 spiro atoms. The highest BCUT2D eigenvalue weighted by molar-refractivity contribution is 5.88. The fraction of sp³-hybridized carbons (Fsp3) is 0.355. The molecule has 38 heavy (non-hydrogen) atoms. The number of ether oxygens (including phenoxy) is 2. The largest absolute Gasteiger partial charge is 0.493 e. The molecule has 202 valence electrons. The Hall–Kier alpha value is -3.87. The molecule has 0 aliphatic rings. The molecule has 7 heteroatoms. The van der Waals surface area contributed by atoms with Gasteiger partial charge in [-0.05, 0) is 47.4 Å². The van der Waals surface area contributed by atoms with Gasteiger partial charge in [0.15, 0.2) is 11.5 Å². The van der Waals surface area contributed by atoms with Gasteiger partial charge in [-0.3, -0.25) is 9.59 Å². The molecular weight excluding hydrogens is 483 g/mol. The van der Waals surface area contributed by atoms with Gasteiger partial charge in [0.2, 0.25) is 11.8 Å². The normalized spacial score (nSPS) is 11.5. The zero-order valence-corrected chi connectivity index (χ0v) is 22.4. The second kappa shape index (κ2) is 14.8. The molecule has 3 aromatic rings. The smallest absolute Gasteiger partial charge is 0.243 e. The lowest BCUT2D eigenvalue weighted by Crippen LogP contribution is -2.51. The van der Waals surface area contributed by atoms with Crippen LogP contribution < -0.4 is 14.8 Å². The molecule has 1 atom stereocenters. The summed E-state index contributed by atoms with van der Waals surface area (Å²) >= 11 is 0. The van der Waals surface area contributed by atoms with E-state index in [1.807, 2.05) is 36.4 Å². The van der Waals surface area contributed by atoms with Gasteiger partial charge in [-0.15, -0.1) is 0 Å². The van der Waals surface area contributed by atoms with E-state index in [4.69, 9.17) is 9.47 Å². The summed E-state index contributed by atoms with van der Waals surface area (Å²) in [7, 11) is 3.10. The summed E-state index contributed by atoms with van der Waals surface area (Å²) in [5.74, 6) is 0.322. The Labute approximate surface area is 224 Å². The van der Waals surface area contributed by atoms with Crippen LogP contribution in [0.5, 0.6) is 11.5 Å². The Bertz CT molecular complexity index is 1170. The lowest BCUT2D eigenvalue weighted by atomic mass is 10.0. The third kappa shape index (κ3) is 8.33. The Morgan fingerprint density at radius 2 is 1.55 bits per heavy atom. The number of hydrogen-bond acceptors (Lipinski definition) is 4. The maximum atomic E-state index is 13.9. The predicted molar refractivity (Wildman–Crippen MR) is 147 cm³/mol. The number of rotatable bonds is 14. The van der Waals surface area contributed by atoms with E-state index in [0.29, 0.717) is 24.5 Å². The van der Waals surface area contributed by atoms with Gasteiger partial charge in [0.25, 0.3) is 0 Å². The van der Waals surface area contributed by atoms with Crippen LogP contribution in [0.4, 0.5) is 4.39 Å². The van der Waals surface area contributed by atoms with Gasteiger partial charge in [-0.1, -0.05) is 68.3 Å². The minimum Gasteiger partial charge on any atom is -0.493 e. The lowest BCUT2D eigenvalue weighted by Gasteiger charge is -2.32. The number of benzene rings is 3. The number of methoxy groups -OCH3 is 2. The summed E-state index contributed by atoms with van der Waals surface area (Å²) < 4.78 is 24.3. The van der Waals surface area contributed by atoms with Crippen molar-refractivity contribution in [3.63, 3.8) is 0 Å². The van der Waals surface area contributed by atoms with Crippen LogP contribution in [-0.2, 0) is 29.0 Å². The van der Waals surface area contributed by atoms with Crippen molar-refractivity contribution in [2.75, 3.05) is 20.8 Å². The molecular formula is C31H37FN2O4. The summed E-state index contributed by atoms with van der Waals surface area (Å²) in [6.07, 6.45) is 3.36. The minimum absolute atomic E-state index is 0.0654. The number of carbonyl (C=O) groups is 2. The lowest BCUT2D eigenvalue weighted by molar-refractivity contribution is -0.140. The first kappa shape index (κ1) is 28.7. The summed E-state index contributed by atoms with van der Waals surface area (Å²) in [4.78, 5) is 29.0. The van der Waals surface area contributed by atoms with Gasteiger partial charge >= 0.3 is 0 Å². The third-order valence-corrected chi connectivity index (χ3v) is 6.42. The highest BCUT2D eigenvalue weighted by Gasteiger charge is 2.30. The van der Waals surface area contributed by atoms with Crippen molar-refractivity contribution in [2.45, 2.75) is 51.6 Å². The molecule has 0 aliphatic heterocycles. The van der Waals surface area contributed by atoms with Gasteiger partial charge < -0.3 is 19.7 Å². The molecule has 0 radical (unpaired) electrons. The molecule has 0 saturated carbocycles. The molecule has 0 unspecified atom stereocenters. The second-order valence-corrected chi connectivity index (χ2v) is 9.22. The number of nitrogens with one attached hydrogen (secondary N) is 1. The van der Waals surface area contributed by atoms with Crippen LogP contribution in [0.25, 0.3) is 0 Å². The number of halogens is 1. The van der Waals surface area contributed by atoms with Crippen LogP contribution in [0.15, 0.2) is 72.8 Å². The van der Waals surface area contributed by atoms with E-state index in [9.17, 15) is 14.0 Å². The van der Waals surface area contributed by atoms with Crippen molar-refractivity contribution >= 4 is 11.8 Å². The second-order valence-electron chi connectivity index (χ2n) is 9.22. The molecule has 0 bridgehead atoms. The van der Waals surface area contributed by atoms with Crippen molar-refractivity contribution in [3.8, 4) is 11.5 Å². The Kier molecular flexibility index (Phi) is 11.1.